The van der Waals surface area contributed by atoms with Crippen LogP contribution in [-0.4, -0.2) is 7.25 Å². The molecule has 0 spiro atoms. The highest BCUT2D eigenvalue weighted by atomic mass is 32.3. The van der Waals surface area contributed by atoms with Crippen molar-refractivity contribution in [2.45, 2.75) is 17.3 Å². The summed E-state index contributed by atoms with van der Waals surface area (Å²) in [6.07, 6.45) is 0. The van der Waals surface area contributed by atoms with Gasteiger partial charge in [0.1, 0.15) is 0 Å². The Hall–Kier alpha value is -1.64. The molecule has 0 aliphatic heterocycles. The molecule has 0 unspecified atom stereocenters. The van der Waals surface area contributed by atoms with Gasteiger partial charge in [-0.1, -0.05) is 91.0 Å². The number of thioether (sulfide) groups is 3. The first kappa shape index (κ1) is 24.6. The first-order valence-electron chi connectivity index (χ1n) is 9.14. The smallest absolute Gasteiger partial charge is 0.418 e. The summed E-state index contributed by atoms with van der Waals surface area (Å²) in [4.78, 5) is 0. The van der Waals surface area contributed by atoms with E-state index in [0.717, 1.165) is 17.3 Å². The van der Waals surface area contributed by atoms with E-state index in [2.05, 4.69) is 91.0 Å². The van der Waals surface area contributed by atoms with Gasteiger partial charge in [0.15, 0.2) is 0 Å². The Labute approximate surface area is 188 Å². The maximum atomic E-state index is 9.75. The van der Waals surface area contributed by atoms with Crippen LogP contribution in [0.25, 0.3) is 0 Å². The minimum atomic E-state index is -6.00. The highest BCUT2D eigenvalue weighted by molar-refractivity contribution is 8.36. The maximum Gasteiger partial charge on any atom is 0.673 e. The van der Waals surface area contributed by atoms with Gasteiger partial charge in [-0.05, 0) is 16.7 Å². The Morgan fingerprint density at radius 3 is 0.967 bits per heavy atom. The zero-order chi connectivity index (χ0) is 21.7. The molecule has 8 heteroatoms. The predicted octanol–water partition coefficient (Wildman–Crippen LogP) is 8.53. The molecule has 0 bridgehead atoms. The van der Waals surface area contributed by atoms with Gasteiger partial charge >= 0.3 is 7.25 Å². The van der Waals surface area contributed by atoms with E-state index in [0.29, 0.717) is 0 Å². The third kappa shape index (κ3) is 12.1. The van der Waals surface area contributed by atoms with Gasteiger partial charge in [0.25, 0.3) is 3.91 Å². The molecule has 0 amide bonds. The summed E-state index contributed by atoms with van der Waals surface area (Å²) in [6.45, 7) is 0. The van der Waals surface area contributed by atoms with Gasteiger partial charge in [-0.3, -0.25) is 0 Å². The zero-order valence-corrected chi connectivity index (χ0v) is 18.5. The fraction of sp³-hybridized carbons (Fsp3) is 0.136. The van der Waals surface area contributed by atoms with Crippen molar-refractivity contribution in [1.29, 1.82) is 0 Å². The summed E-state index contributed by atoms with van der Waals surface area (Å²) in [6, 6.07) is 32.1. The first-order valence-corrected chi connectivity index (χ1v) is 12.1. The molecule has 0 fully saturated rings. The van der Waals surface area contributed by atoms with Gasteiger partial charge in [-0.15, -0.1) is 0 Å². The first-order chi connectivity index (χ1) is 14.4. The van der Waals surface area contributed by atoms with Gasteiger partial charge in [0.05, 0.1) is 52.5 Å². The third-order valence-electron chi connectivity index (χ3n) is 3.60. The minimum Gasteiger partial charge on any atom is -0.418 e. The second-order valence-corrected chi connectivity index (χ2v) is 9.80. The van der Waals surface area contributed by atoms with Crippen LogP contribution < -0.4 is 0 Å². The molecule has 158 valence electrons. The molecular weight excluding hydrogens is 447 g/mol. The molecule has 3 aromatic rings. The second kappa shape index (κ2) is 13.6. The number of rotatable bonds is 9. The normalized spacial score (nSPS) is 10.8. The summed E-state index contributed by atoms with van der Waals surface area (Å²) in [5.41, 5.74) is 4.14. The van der Waals surface area contributed by atoms with Crippen molar-refractivity contribution in [2.24, 2.45) is 0 Å². The fourth-order valence-electron chi connectivity index (χ4n) is 2.27. The number of hydrogen-bond acceptors (Lipinski definition) is 3. The number of hydrogen-bond donors (Lipinski definition) is 0. The van der Waals surface area contributed by atoms with Crippen molar-refractivity contribution in [3.8, 4) is 0 Å². The lowest BCUT2D eigenvalue weighted by atomic mass is 10.2. The molecule has 0 aliphatic carbocycles. The van der Waals surface area contributed by atoms with Crippen molar-refractivity contribution < 1.29 is 17.3 Å². The van der Waals surface area contributed by atoms with Crippen LogP contribution in [0.3, 0.4) is 0 Å². The average molecular weight is 468 g/mol. The van der Waals surface area contributed by atoms with Gasteiger partial charge in [0.2, 0.25) is 0 Å². The van der Waals surface area contributed by atoms with Crippen molar-refractivity contribution in [1.82, 2.24) is 0 Å². The van der Waals surface area contributed by atoms with E-state index in [-0.39, 0.29) is 0 Å². The monoisotopic (exact) mass is 468 g/mol. The third-order valence-corrected chi connectivity index (χ3v) is 7.86. The van der Waals surface area contributed by atoms with Gasteiger partial charge in [-0.25, -0.2) is 0 Å². The van der Waals surface area contributed by atoms with E-state index in [1.165, 1.54) is 20.6 Å². The van der Waals surface area contributed by atoms with E-state index < -0.39 is 7.25 Å². The topological polar surface area (TPSA) is 0 Å². The quantitative estimate of drug-likeness (QED) is 0.175. The Balaban J connectivity index is 0.000000575. The lowest BCUT2D eigenvalue weighted by molar-refractivity contribution is 0.368. The van der Waals surface area contributed by atoms with E-state index in [1.54, 1.807) is 0 Å². The maximum absolute atomic E-state index is 9.75. The molecule has 0 atom stereocenters. The summed E-state index contributed by atoms with van der Waals surface area (Å²) in [5.74, 6) is 3.08. The predicted molar refractivity (Wildman–Crippen MR) is 127 cm³/mol. The van der Waals surface area contributed by atoms with Crippen molar-refractivity contribution >= 4 is 42.5 Å². The Kier molecular flexibility index (Phi) is 11.2. The summed E-state index contributed by atoms with van der Waals surface area (Å²) >= 11 is 5.87. The second-order valence-electron chi connectivity index (χ2n) is 6.07. The van der Waals surface area contributed by atoms with Gasteiger partial charge in [-0.2, -0.15) is 0 Å². The van der Waals surface area contributed by atoms with Crippen LogP contribution in [0.4, 0.5) is 17.3 Å². The molecular formula is C22H21BF4S3. The average Bonchev–Trinajstić information content (AvgIpc) is 2.74. The molecule has 0 heterocycles. The summed E-state index contributed by atoms with van der Waals surface area (Å²) in [7, 11) is -6.00. The van der Waals surface area contributed by atoms with Crippen molar-refractivity contribution in [3.05, 3.63) is 112 Å². The van der Waals surface area contributed by atoms with Crippen LogP contribution in [0.5, 0.6) is 0 Å². The molecule has 30 heavy (non-hydrogen) atoms. The van der Waals surface area contributed by atoms with Gasteiger partial charge in [0, 0.05) is 0 Å². The molecule has 0 saturated carbocycles. The van der Waals surface area contributed by atoms with E-state index in [4.69, 9.17) is 0 Å². The number of halogens is 4. The van der Waals surface area contributed by atoms with Crippen LogP contribution in [-0.2, 0) is 17.3 Å². The highest BCUT2D eigenvalue weighted by Gasteiger charge is 2.27. The molecule has 0 N–H and O–H groups in total. The largest absolute Gasteiger partial charge is 0.673 e. The zero-order valence-electron chi connectivity index (χ0n) is 16.1. The molecule has 0 aromatic heterocycles. The van der Waals surface area contributed by atoms with Crippen molar-refractivity contribution in [3.63, 3.8) is 0 Å². The SMILES string of the molecule is F[B-](F)(F)F.c1ccc(CS[C+](SCc2ccccc2)SCc2ccccc2)cc1. The van der Waals surface area contributed by atoms with Crippen LogP contribution in [0.15, 0.2) is 91.0 Å². The van der Waals surface area contributed by atoms with Gasteiger partial charge < -0.3 is 17.3 Å². The molecule has 3 aromatic carbocycles. The van der Waals surface area contributed by atoms with Crippen LogP contribution in [0.1, 0.15) is 16.7 Å². The Morgan fingerprint density at radius 2 is 0.733 bits per heavy atom. The van der Waals surface area contributed by atoms with Crippen molar-refractivity contribution in [2.75, 3.05) is 0 Å². The molecule has 3 rings (SSSR count). The Morgan fingerprint density at radius 1 is 0.500 bits per heavy atom. The fourth-order valence-corrected chi connectivity index (χ4v) is 5.77. The lowest BCUT2D eigenvalue weighted by Crippen LogP contribution is -2.02. The summed E-state index contributed by atoms with van der Waals surface area (Å²) < 4.78 is 40.4. The lowest BCUT2D eigenvalue weighted by Gasteiger charge is -2.03. The van der Waals surface area contributed by atoms with E-state index >= 15 is 0 Å². The minimum absolute atomic E-state index is 1.03. The van der Waals surface area contributed by atoms with E-state index in [1.807, 2.05) is 35.3 Å². The number of benzene rings is 3. The van der Waals surface area contributed by atoms with Crippen LogP contribution >= 0.6 is 35.3 Å². The molecule has 0 aliphatic rings. The summed E-state index contributed by atoms with van der Waals surface area (Å²) in [5, 5.41) is 0. The standard InChI is InChI=1S/C22H21S3.BF4/c1-4-10-19(11-5-1)16-23-22(24-17-20-12-6-2-7-13-20)25-18-21-14-8-3-9-15-21;2-1(3,4)5/h1-15H,16-18H2;/q+1;-1. The molecule has 0 radical (unpaired) electrons. The van der Waals surface area contributed by atoms with E-state index in [9.17, 15) is 17.3 Å². The van der Waals surface area contributed by atoms with Crippen LogP contribution in [0.2, 0.25) is 0 Å². The molecule has 0 nitrogen and oxygen atoms in total. The molecule has 0 saturated heterocycles. The Bertz CT molecular complexity index is 709. The highest BCUT2D eigenvalue weighted by Crippen LogP contribution is 2.46. The van der Waals surface area contributed by atoms with Crippen LogP contribution in [0, 0.1) is 3.91 Å².